The second-order valence-corrected chi connectivity index (χ2v) is 6.92. The SMILES string of the molecule is COC(=O)c1ccc2[nH]c(C)c(C[NH+]3CCC(C)CC3)c(=O)c2c1. The molecule has 128 valence electrons. The van der Waals surface area contributed by atoms with Crippen LogP contribution >= 0.6 is 0 Å². The lowest BCUT2D eigenvalue weighted by Crippen LogP contribution is -3.12. The Bertz CT molecular complexity index is 817. The molecule has 0 unspecified atom stereocenters. The lowest BCUT2D eigenvalue weighted by molar-refractivity contribution is -0.919. The molecule has 0 atom stereocenters. The van der Waals surface area contributed by atoms with Crippen molar-refractivity contribution in [1.82, 2.24) is 4.98 Å². The summed E-state index contributed by atoms with van der Waals surface area (Å²) >= 11 is 0. The van der Waals surface area contributed by atoms with Gasteiger partial charge in [-0.3, -0.25) is 4.79 Å². The van der Waals surface area contributed by atoms with E-state index in [1.807, 2.05) is 6.92 Å². The first kappa shape index (κ1) is 16.7. The molecule has 2 heterocycles. The Balaban J connectivity index is 1.98. The van der Waals surface area contributed by atoms with E-state index in [2.05, 4.69) is 11.9 Å². The molecule has 0 saturated carbocycles. The van der Waals surface area contributed by atoms with E-state index in [1.54, 1.807) is 18.2 Å². The number of aromatic nitrogens is 1. The van der Waals surface area contributed by atoms with Crippen molar-refractivity contribution >= 4 is 16.9 Å². The molecule has 0 spiro atoms. The van der Waals surface area contributed by atoms with Crippen LogP contribution in [0, 0.1) is 12.8 Å². The minimum atomic E-state index is -0.422. The van der Waals surface area contributed by atoms with Crippen molar-refractivity contribution in [3.8, 4) is 0 Å². The number of carbonyl (C=O) groups is 1. The first-order valence-corrected chi connectivity index (χ1v) is 8.57. The number of esters is 1. The molecule has 0 amide bonds. The zero-order valence-electron chi connectivity index (χ0n) is 14.6. The normalized spacial score (nSPS) is 21.0. The van der Waals surface area contributed by atoms with Gasteiger partial charge in [-0.1, -0.05) is 6.92 Å². The van der Waals surface area contributed by atoms with Gasteiger partial charge < -0.3 is 14.6 Å². The highest BCUT2D eigenvalue weighted by atomic mass is 16.5. The Labute approximate surface area is 141 Å². The summed E-state index contributed by atoms with van der Waals surface area (Å²) in [5, 5.41) is 0.559. The number of benzene rings is 1. The number of piperidine rings is 1. The van der Waals surface area contributed by atoms with Gasteiger partial charge in [-0.25, -0.2) is 4.79 Å². The van der Waals surface area contributed by atoms with Crippen molar-refractivity contribution in [3.63, 3.8) is 0 Å². The summed E-state index contributed by atoms with van der Waals surface area (Å²) in [5.41, 5.74) is 2.94. The van der Waals surface area contributed by atoms with Gasteiger partial charge in [-0.15, -0.1) is 0 Å². The van der Waals surface area contributed by atoms with Gasteiger partial charge in [-0.2, -0.15) is 0 Å². The van der Waals surface area contributed by atoms with Crippen LogP contribution in [0.2, 0.25) is 0 Å². The summed E-state index contributed by atoms with van der Waals surface area (Å²) in [6.45, 7) is 7.21. The van der Waals surface area contributed by atoms with Crippen molar-refractivity contribution in [3.05, 3.63) is 45.2 Å². The highest BCUT2D eigenvalue weighted by Gasteiger charge is 2.22. The van der Waals surface area contributed by atoms with E-state index in [9.17, 15) is 9.59 Å². The van der Waals surface area contributed by atoms with Gasteiger partial charge in [0, 0.05) is 16.6 Å². The maximum absolute atomic E-state index is 13.0. The molecular formula is C19H25N2O3+. The van der Waals surface area contributed by atoms with Crippen LogP contribution in [-0.2, 0) is 11.3 Å². The summed E-state index contributed by atoms with van der Waals surface area (Å²) < 4.78 is 4.76. The molecule has 24 heavy (non-hydrogen) atoms. The maximum atomic E-state index is 13.0. The van der Waals surface area contributed by atoms with Gasteiger partial charge in [0.1, 0.15) is 6.54 Å². The second-order valence-electron chi connectivity index (χ2n) is 6.92. The van der Waals surface area contributed by atoms with Gasteiger partial charge in [0.25, 0.3) is 0 Å². The van der Waals surface area contributed by atoms with E-state index in [4.69, 9.17) is 4.74 Å². The molecule has 5 nitrogen and oxygen atoms in total. The number of aryl methyl sites for hydroxylation is 1. The van der Waals surface area contributed by atoms with E-state index in [1.165, 1.54) is 24.9 Å². The third kappa shape index (κ3) is 3.22. The smallest absolute Gasteiger partial charge is 0.337 e. The first-order chi connectivity index (χ1) is 11.5. The van der Waals surface area contributed by atoms with Crippen LogP contribution in [0.1, 0.15) is 41.4 Å². The number of quaternary nitrogens is 1. The Morgan fingerprint density at radius 1 is 1.33 bits per heavy atom. The van der Waals surface area contributed by atoms with E-state index >= 15 is 0 Å². The number of likely N-dealkylation sites (tertiary alicyclic amines) is 1. The summed E-state index contributed by atoms with van der Waals surface area (Å²) in [4.78, 5) is 29.5. The van der Waals surface area contributed by atoms with Crippen LogP contribution in [0.4, 0.5) is 0 Å². The van der Waals surface area contributed by atoms with Crippen molar-refractivity contribution in [1.29, 1.82) is 0 Å². The van der Waals surface area contributed by atoms with Crippen LogP contribution in [0.15, 0.2) is 23.0 Å². The predicted molar refractivity (Wildman–Crippen MR) is 93.4 cm³/mol. The quantitative estimate of drug-likeness (QED) is 0.838. The fourth-order valence-corrected chi connectivity index (χ4v) is 3.51. The first-order valence-electron chi connectivity index (χ1n) is 8.57. The number of carbonyl (C=O) groups excluding carboxylic acids is 1. The molecular weight excluding hydrogens is 304 g/mol. The molecule has 1 aliphatic heterocycles. The van der Waals surface area contributed by atoms with E-state index in [0.29, 0.717) is 10.9 Å². The molecule has 1 saturated heterocycles. The number of fused-ring (bicyclic) bond motifs is 1. The zero-order chi connectivity index (χ0) is 17.3. The second kappa shape index (κ2) is 6.77. The molecule has 1 aliphatic rings. The lowest BCUT2D eigenvalue weighted by atomic mass is 9.98. The summed E-state index contributed by atoms with van der Waals surface area (Å²) in [7, 11) is 1.35. The van der Waals surface area contributed by atoms with Crippen LogP contribution in [0.3, 0.4) is 0 Å². The number of methoxy groups -OCH3 is 1. The third-order valence-electron chi connectivity index (χ3n) is 5.14. The number of ether oxygens (including phenoxy) is 1. The molecule has 0 bridgehead atoms. The molecule has 2 aromatic rings. The van der Waals surface area contributed by atoms with Gasteiger partial charge in [0.05, 0.1) is 31.3 Å². The third-order valence-corrected chi connectivity index (χ3v) is 5.14. The molecule has 0 radical (unpaired) electrons. The Hall–Kier alpha value is -2.14. The van der Waals surface area contributed by atoms with Crippen LogP contribution < -0.4 is 10.3 Å². The van der Waals surface area contributed by atoms with Crippen LogP contribution in [0.5, 0.6) is 0 Å². The van der Waals surface area contributed by atoms with Gasteiger partial charge in [0.15, 0.2) is 5.43 Å². The minimum absolute atomic E-state index is 0.0260. The number of aromatic amines is 1. The number of rotatable bonds is 3. The van der Waals surface area contributed by atoms with Gasteiger partial charge in [-0.05, 0) is 43.9 Å². The fraction of sp³-hybridized carbons (Fsp3) is 0.474. The molecule has 1 aromatic heterocycles. The largest absolute Gasteiger partial charge is 0.465 e. The lowest BCUT2D eigenvalue weighted by Gasteiger charge is -2.27. The maximum Gasteiger partial charge on any atom is 0.337 e. The van der Waals surface area contributed by atoms with Crippen molar-refractivity contribution in [2.24, 2.45) is 5.92 Å². The fourth-order valence-electron chi connectivity index (χ4n) is 3.51. The van der Waals surface area contributed by atoms with E-state index in [-0.39, 0.29) is 5.43 Å². The predicted octanol–water partition coefficient (Wildman–Crippen LogP) is 1.44. The topological polar surface area (TPSA) is 63.6 Å². The molecule has 1 fully saturated rings. The number of nitrogens with one attached hydrogen (secondary N) is 2. The average Bonchev–Trinajstić information content (AvgIpc) is 2.59. The number of hydrogen-bond acceptors (Lipinski definition) is 3. The highest BCUT2D eigenvalue weighted by molar-refractivity contribution is 5.94. The van der Waals surface area contributed by atoms with Crippen molar-refractivity contribution < 1.29 is 14.4 Å². The number of H-pyrrole nitrogens is 1. The van der Waals surface area contributed by atoms with Crippen molar-refractivity contribution in [2.75, 3.05) is 20.2 Å². The molecule has 5 heteroatoms. The summed E-state index contributed by atoms with van der Waals surface area (Å²) in [6, 6.07) is 5.09. The Morgan fingerprint density at radius 2 is 2.04 bits per heavy atom. The summed E-state index contributed by atoms with van der Waals surface area (Å²) in [6.07, 6.45) is 2.43. The Morgan fingerprint density at radius 3 is 2.71 bits per heavy atom. The standard InChI is InChI=1S/C19H24N2O3/c1-12-6-8-21(9-7-12)11-16-13(2)20-17-5-4-14(19(23)24-3)10-15(17)18(16)22/h4-5,10,12H,6-9,11H2,1-3H3,(H,20,22)/p+1. The van der Waals surface area contributed by atoms with Crippen molar-refractivity contribution in [2.45, 2.75) is 33.2 Å². The van der Waals surface area contributed by atoms with E-state index < -0.39 is 5.97 Å². The molecule has 1 aromatic carbocycles. The molecule has 0 aliphatic carbocycles. The zero-order valence-corrected chi connectivity index (χ0v) is 14.6. The van der Waals surface area contributed by atoms with Crippen LogP contribution in [0.25, 0.3) is 10.9 Å². The molecule has 3 rings (SSSR count). The van der Waals surface area contributed by atoms with E-state index in [0.717, 1.165) is 42.3 Å². The monoisotopic (exact) mass is 329 g/mol. The summed E-state index contributed by atoms with van der Waals surface area (Å²) in [5.74, 6) is 0.362. The molecule has 2 N–H and O–H groups in total. The number of hydrogen-bond donors (Lipinski definition) is 2. The van der Waals surface area contributed by atoms with Gasteiger partial charge in [0.2, 0.25) is 0 Å². The number of pyridine rings is 1. The highest BCUT2D eigenvalue weighted by Crippen LogP contribution is 2.14. The average molecular weight is 329 g/mol. The van der Waals surface area contributed by atoms with Crippen LogP contribution in [-0.4, -0.2) is 31.2 Å². The van der Waals surface area contributed by atoms with Gasteiger partial charge >= 0.3 is 5.97 Å². The Kier molecular flexibility index (Phi) is 4.71. The minimum Gasteiger partial charge on any atom is -0.465 e.